The predicted octanol–water partition coefficient (Wildman–Crippen LogP) is 1.87. The largest absolute Gasteiger partial charge is 0.466 e. The van der Waals surface area contributed by atoms with Gasteiger partial charge in [0.15, 0.2) is 0 Å². The molecule has 0 aliphatic heterocycles. The van der Waals surface area contributed by atoms with Crippen molar-refractivity contribution in [2.24, 2.45) is 0 Å². The molecule has 6 heteroatoms. The average molecular weight is 275 g/mol. The monoisotopic (exact) mass is 275 g/mol. The number of rotatable bonds is 11. The third-order valence-electron chi connectivity index (χ3n) is 2.38. The Kier molecular flexibility index (Phi) is 12.2. The van der Waals surface area contributed by atoms with Gasteiger partial charge in [0.1, 0.15) is 6.61 Å². The lowest BCUT2D eigenvalue weighted by Gasteiger charge is -2.07. The first-order chi connectivity index (χ1) is 9.20. The smallest absolute Gasteiger partial charge is 0.407 e. The van der Waals surface area contributed by atoms with Gasteiger partial charge in [-0.3, -0.25) is 4.79 Å². The van der Waals surface area contributed by atoms with Gasteiger partial charge in [0.2, 0.25) is 0 Å². The highest BCUT2D eigenvalue weighted by molar-refractivity contribution is 5.71. The van der Waals surface area contributed by atoms with Crippen LogP contribution in [-0.4, -0.2) is 45.5 Å². The minimum Gasteiger partial charge on any atom is -0.466 e. The molecule has 0 rings (SSSR count). The summed E-state index contributed by atoms with van der Waals surface area (Å²) in [6, 6.07) is 0. The van der Waals surface area contributed by atoms with E-state index in [4.69, 9.17) is 14.2 Å². The van der Waals surface area contributed by atoms with E-state index in [9.17, 15) is 9.59 Å². The highest BCUT2D eigenvalue weighted by Crippen LogP contribution is 1.99. The van der Waals surface area contributed by atoms with Gasteiger partial charge >= 0.3 is 12.1 Å². The van der Waals surface area contributed by atoms with Crippen molar-refractivity contribution in [3.05, 3.63) is 0 Å². The van der Waals surface area contributed by atoms with Crippen LogP contribution in [0.15, 0.2) is 0 Å². The van der Waals surface area contributed by atoms with Crippen LogP contribution in [0.1, 0.15) is 39.0 Å². The Labute approximate surface area is 114 Å². The van der Waals surface area contributed by atoms with Crippen LogP contribution in [0.4, 0.5) is 4.79 Å². The van der Waals surface area contributed by atoms with Gasteiger partial charge in [-0.1, -0.05) is 26.2 Å². The summed E-state index contributed by atoms with van der Waals surface area (Å²) in [6.45, 7) is 3.36. The van der Waals surface area contributed by atoms with E-state index in [2.05, 4.69) is 12.2 Å². The van der Waals surface area contributed by atoms with Crippen LogP contribution in [0.25, 0.3) is 0 Å². The Hall–Kier alpha value is -1.30. The Morgan fingerprint density at radius 3 is 2.47 bits per heavy atom. The summed E-state index contributed by atoms with van der Waals surface area (Å²) in [5.74, 6) is -0.298. The zero-order valence-electron chi connectivity index (χ0n) is 11.9. The van der Waals surface area contributed by atoms with E-state index in [0.29, 0.717) is 13.2 Å². The van der Waals surface area contributed by atoms with Crippen LogP contribution in [-0.2, 0) is 19.0 Å². The number of hydrogen-bond acceptors (Lipinski definition) is 5. The molecule has 0 unspecified atom stereocenters. The van der Waals surface area contributed by atoms with Crippen LogP contribution in [0, 0.1) is 0 Å². The van der Waals surface area contributed by atoms with Crippen LogP contribution in [0.2, 0.25) is 0 Å². The van der Waals surface area contributed by atoms with E-state index < -0.39 is 6.09 Å². The molecule has 0 aromatic carbocycles. The van der Waals surface area contributed by atoms with Crippen molar-refractivity contribution in [1.82, 2.24) is 5.32 Å². The zero-order chi connectivity index (χ0) is 14.3. The fourth-order valence-electron chi connectivity index (χ4n) is 1.32. The Morgan fingerprint density at radius 2 is 1.79 bits per heavy atom. The predicted molar refractivity (Wildman–Crippen MR) is 70.9 cm³/mol. The second kappa shape index (κ2) is 13.1. The molecule has 112 valence electrons. The fraction of sp³-hybridized carbons (Fsp3) is 0.846. The third kappa shape index (κ3) is 12.9. The Balaban J connectivity index is 3.34. The van der Waals surface area contributed by atoms with Crippen LogP contribution in [0.5, 0.6) is 0 Å². The van der Waals surface area contributed by atoms with Crippen molar-refractivity contribution < 1.29 is 23.8 Å². The third-order valence-corrected chi connectivity index (χ3v) is 2.38. The maximum Gasteiger partial charge on any atom is 0.407 e. The minimum absolute atomic E-state index is 0.160. The molecule has 0 saturated carbocycles. The lowest BCUT2D eigenvalue weighted by atomic mass is 10.2. The molecular formula is C13H25NO5. The number of unbranched alkanes of at least 4 members (excludes halogenated alkanes) is 3. The first-order valence-corrected chi connectivity index (χ1v) is 6.75. The molecule has 0 aliphatic rings. The van der Waals surface area contributed by atoms with Gasteiger partial charge < -0.3 is 19.5 Å². The zero-order valence-corrected chi connectivity index (χ0v) is 11.9. The Morgan fingerprint density at radius 1 is 1.00 bits per heavy atom. The number of alkyl carbamates (subject to hydrolysis) is 1. The van der Waals surface area contributed by atoms with E-state index in [1.165, 1.54) is 7.11 Å². The van der Waals surface area contributed by atoms with Crippen LogP contribution >= 0.6 is 0 Å². The summed E-state index contributed by atoms with van der Waals surface area (Å²) in [4.78, 5) is 22.4. The lowest BCUT2D eigenvalue weighted by molar-refractivity contribution is -0.143. The molecule has 0 saturated heterocycles. The molecule has 19 heavy (non-hydrogen) atoms. The second-order valence-electron chi connectivity index (χ2n) is 4.09. The topological polar surface area (TPSA) is 73.9 Å². The van der Waals surface area contributed by atoms with Crippen LogP contribution < -0.4 is 5.32 Å². The highest BCUT2D eigenvalue weighted by Gasteiger charge is 2.05. The average Bonchev–Trinajstić information content (AvgIpc) is 2.39. The molecule has 6 nitrogen and oxygen atoms in total. The van der Waals surface area contributed by atoms with Crippen molar-refractivity contribution in [2.45, 2.75) is 39.0 Å². The van der Waals surface area contributed by atoms with Gasteiger partial charge in [-0.15, -0.1) is 0 Å². The first kappa shape index (κ1) is 17.7. The summed E-state index contributed by atoms with van der Waals surface area (Å²) in [5.41, 5.74) is 0. The molecule has 0 atom stereocenters. The molecule has 0 radical (unpaired) electrons. The summed E-state index contributed by atoms with van der Waals surface area (Å²) in [5, 5.41) is 2.47. The standard InChI is InChI=1S/C13H25NO5/c1-3-4-5-6-9-18-12(15)7-8-14-13(16)19-11-10-17-2/h3-11H2,1-2H3,(H,14,16). The Bertz CT molecular complexity index is 245. The number of methoxy groups -OCH3 is 1. The highest BCUT2D eigenvalue weighted by atomic mass is 16.6. The number of hydrogen-bond donors (Lipinski definition) is 1. The van der Waals surface area contributed by atoms with Gasteiger partial charge in [0.25, 0.3) is 0 Å². The molecule has 0 spiro atoms. The van der Waals surface area contributed by atoms with E-state index >= 15 is 0 Å². The van der Waals surface area contributed by atoms with Gasteiger partial charge in [0.05, 0.1) is 19.6 Å². The van der Waals surface area contributed by atoms with E-state index in [-0.39, 0.29) is 25.5 Å². The molecule has 0 aromatic rings. The van der Waals surface area contributed by atoms with Crippen molar-refractivity contribution in [3.63, 3.8) is 0 Å². The van der Waals surface area contributed by atoms with Crippen molar-refractivity contribution in [2.75, 3.05) is 33.5 Å². The number of esters is 1. The normalized spacial score (nSPS) is 10.0. The van der Waals surface area contributed by atoms with Crippen LogP contribution in [0.3, 0.4) is 0 Å². The van der Waals surface area contributed by atoms with E-state index in [0.717, 1.165) is 25.7 Å². The van der Waals surface area contributed by atoms with Crippen molar-refractivity contribution in [1.29, 1.82) is 0 Å². The van der Waals surface area contributed by atoms with Gasteiger partial charge in [0, 0.05) is 13.7 Å². The number of carbonyl (C=O) groups is 2. The van der Waals surface area contributed by atoms with E-state index in [1.807, 2.05) is 0 Å². The van der Waals surface area contributed by atoms with Crippen molar-refractivity contribution >= 4 is 12.1 Å². The quantitative estimate of drug-likeness (QED) is 0.460. The van der Waals surface area contributed by atoms with Gasteiger partial charge in [-0.05, 0) is 6.42 Å². The summed E-state index contributed by atoms with van der Waals surface area (Å²) < 4.78 is 14.5. The molecular weight excluding hydrogens is 250 g/mol. The van der Waals surface area contributed by atoms with Gasteiger partial charge in [-0.2, -0.15) is 0 Å². The summed E-state index contributed by atoms with van der Waals surface area (Å²) >= 11 is 0. The summed E-state index contributed by atoms with van der Waals surface area (Å²) in [6.07, 6.45) is 3.90. The number of ether oxygens (including phenoxy) is 3. The fourth-order valence-corrected chi connectivity index (χ4v) is 1.32. The summed E-state index contributed by atoms with van der Waals surface area (Å²) in [7, 11) is 1.53. The second-order valence-corrected chi connectivity index (χ2v) is 4.09. The molecule has 1 amide bonds. The molecule has 0 heterocycles. The number of amides is 1. The SMILES string of the molecule is CCCCCCOC(=O)CCNC(=O)OCCOC. The number of nitrogens with one attached hydrogen (secondary N) is 1. The maximum absolute atomic E-state index is 11.3. The molecule has 0 bridgehead atoms. The number of carbonyl (C=O) groups excluding carboxylic acids is 2. The first-order valence-electron chi connectivity index (χ1n) is 6.75. The van der Waals surface area contributed by atoms with E-state index in [1.54, 1.807) is 0 Å². The molecule has 1 N–H and O–H groups in total. The van der Waals surface area contributed by atoms with Gasteiger partial charge in [-0.25, -0.2) is 4.79 Å². The molecule has 0 fully saturated rings. The minimum atomic E-state index is -0.548. The molecule has 0 aromatic heterocycles. The van der Waals surface area contributed by atoms with Crippen molar-refractivity contribution in [3.8, 4) is 0 Å². The maximum atomic E-state index is 11.3. The lowest BCUT2D eigenvalue weighted by Crippen LogP contribution is -2.28. The molecule has 0 aliphatic carbocycles.